The second-order valence-corrected chi connectivity index (χ2v) is 11.0. The zero-order chi connectivity index (χ0) is 30.5. The first-order valence-corrected chi connectivity index (χ1v) is 13.7. The number of pyridine rings is 1. The Morgan fingerprint density at radius 3 is 2.20 bits per heavy atom. The standard InChI is InChI=1S/C26H27N3O4S.C2HF3O2/c1-17-8-9-24(19(3)14-17)34(32,33)28-21-15-23(26(30)31)25(27-16-21)29-12-10-20(11-13-29)22-7-5-4-6-18(22)2;3-2(4,5)1(6)7/h4-10,14-16,28H,11-13H2,1-3H3,(H,30,31);(H,6,7). The van der Waals surface area contributed by atoms with E-state index in [1.165, 1.54) is 29.0 Å². The van der Waals surface area contributed by atoms with E-state index in [0.717, 1.165) is 12.0 Å². The van der Waals surface area contributed by atoms with E-state index < -0.39 is 28.1 Å². The molecule has 0 bridgehead atoms. The number of carbonyl (C=O) groups is 2. The van der Waals surface area contributed by atoms with Crippen LogP contribution in [0.3, 0.4) is 0 Å². The smallest absolute Gasteiger partial charge is 0.478 e. The van der Waals surface area contributed by atoms with Crippen molar-refractivity contribution < 1.29 is 41.4 Å². The van der Waals surface area contributed by atoms with E-state index >= 15 is 0 Å². The minimum atomic E-state index is -5.08. The molecule has 41 heavy (non-hydrogen) atoms. The molecule has 0 fully saturated rings. The number of nitrogens with one attached hydrogen (secondary N) is 1. The van der Waals surface area contributed by atoms with Crippen LogP contribution >= 0.6 is 0 Å². The number of nitrogens with zero attached hydrogens (tertiary/aromatic N) is 2. The summed E-state index contributed by atoms with van der Waals surface area (Å²) in [5, 5.41) is 16.9. The summed E-state index contributed by atoms with van der Waals surface area (Å²) in [5.74, 6) is -3.60. The van der Waals surface area contributed by atoms with E-state index in [0.29, 0.717) is 24.5 Å². The number of halogens is 3. The summed E-state index contributed by atoms with van der Waals surface area (Å²) in [6, 6.07) is 14.6. The van der Waals surface area contributed by atoms with Crippen molar-refractivity contribution in [2.24, 2.45) is 0 Å². The van der Waals surface area contributed by atoms with Crippen molar-refractivity contribution in [3.63, 3.8) is 0 Å². The minimum Gasteiger partial charge on any atom is -0.478 e. The summed E-state index contributed by atoms with van der Waals surface area (Å²) in [7, 11) is -3.89. The minimum absolute atomic E-state index is 0.0476. The Morgan fingerprint density at radius 1 is 1.00 bits per heavy atom. The van der Waals surface area contributed by atoms with Crippen LogP contribution < -0.4 is 9.62 Å². The average Bonchev–Trinajstić information content (AvgIpc) is 2.88. The summed E-state index contributed by atoms with van der Waals surface area (Å²) in [6.45, 7) is 6.81. The molecule has 3 aromatic rings. The Bertz CT molecular complexity index is 1600. The normalized spacial score (nSPS) is 13.5. The largest absolute Gasteiger partial charge is 0.490 e. The number of benzene rings is 2. The zero-order valence-electron chi connectivity index (χ0n) is 22.4. The van der Waals surface area contributed by atoms with Gasteiger partial charge < -0.3 is 15.1 Å². The van der Waals surface area contributed by atoms with Crippen molar-refractivity contribution in [2.75, 3.05) is 22.7 Å². The molecule has 2 heterocycles. The van der Waals surface area contributed by atoms with Crippen molar-refractivity contribution in [1.82, 2.24) is 4.98 Å². The van der Waals surface area contributed by atoms with Crippen LogP contribution in [0.1, 0.15) is 39.0 Å². The zero-order valence-corrected chi connectivity index (χ0v) is 23.2. The van der Waals surface area contributed by atoms with Gasteiger partial charge in [0.05, 0.1) is 16.8 Å². The van der Waals surface area contributed by atoms with E-state index in [4.69, 9.17) is 9.90 Å². The van der Waals surface area contributed by atoms with Gasteiger partial charge in [-0.25, -0.2) is 23.0 Å². The number of anilines is 2. The van der Waals surface area contributed by atoms with E-state index in [2.05, 4.69) is 34.8 Å². The molecule has 13 heteroatoms. The Hall–Kier alpha value is -4.39. The summed E-state index contributed by atoms with van der Waals surface area (Å²) in [4.78, 5) is 27.3. The predicted octanol–water partition coefficient (Wildman–Crippen LogP) is 5.43. The molecule has 218 valence electrons. The lowest BCUT2D eigenvalue weighted by Crippen LogP contribution is -2.31. The van der Waals surface area contributed by atoms with Gasteiger partial charge in [-0.3, -0.25) is 4.72 Å². The van der Waals surface area contributed by atoms with Gasteiger partial charge in [0.15, 0.2) is 0 Å². The number of aromatic nitrogens is 1. The van der Waals surface area contributed by atoms with Crippen molar-refractivity contribution in [2.45, 2.75) is 38.3 Å². The van der Waals surface area contributed by atoms with Crippen molar-refractivity contribution in [3.8, 4) is 0 Å². The Labute approximate surface area is 235 Å². The fraction of sp³-hybridized carbons (Fsp3) is 0.250. The molecule has 1 aliphatic rings. The van der Waals surface area contributed by atoms with Crippen LogP contribution in [0.15, 0.2) is 65.7 Å². The third-order valence-electron chi connectivity index (χ3n) is 6.21. The fourth-order valence-electron chi connectivity index (χ4n) is 4.27. The average molecular weight is 592 g/mol. The van der Waals surface area contributed by atoms with Gasteiger partial charge in [0.1, 0.15) is 11.4 Å². The van der Waals surface area contributed by atoms with Crippen LogP contribution in [-0.2, 0) is 14.8 Å². The van der Waals surface area contributed by atoms with Crippen LogP contribution in [-0.4, -0.2) is 54.8 Å². The molecule has 1 aliphatic heterocycles. The number of carboxylic acids is 2. The van der Waals surface area contributed by atoms with E-state index in [1.54, 1.807) is 25.1 Å². The Balaban J connectivity index is 0.000000587. The fourth-order valence-corrected chi connectivity index (χ4v) is 5.53. The second-order valence-electron chi connectivity index (χ2n) is 9.32. The van der Waals surface area contributed by atoms with Gasteiger partial charge >= 0.3 is 18.1 Å². The number of hydrogen-bond donors (Lipinski definition) is 3. The second kappa shape index (κ2) is 12.4. The van der Waals surface area contributed by atoms with Crippen molar-refractivity contribution in [1.29, 1.82) is 0 Å². The van der Waals surface area contributed by atoms with Crippen LogP contribution in [0.4, 0.5) is 24.7 Å². The first kappa shape index (κ1) is 31.1. The molecule has 0 radical (unpaired) electrons. The number of aromatic carboxylic acids is 1. The monoisotopic (exact) mass is 591 g/mol. The lowest BCUT2D eigenvalue weighted by molar-refractivity contribution is -0.192. The maximum atomic E-state index is 12.9. The number of sulfonamides is 1. The molecule has 0 unspecified atom stereocenters. The van der Waals surface area contributed by atoms with Gasteiger partial charge in [0, 0.05) is 13.1 Å². The van der Waals surface area contributed by atoms with Gasteiger partial charge in [0.25, 0.3) is 10.0 Å². The number of hydrogen-bond acceptors (Lipinski definition) is 6. The lowest BCUT2D eigenvalue weighted by Gasteiger charge is -2.29. The summed E-state index contributed by atoms with van der Waals surface area (Å²) in [5.41, 5.74) is 5.25. The molecule has 0 spiro atoms. The maximum absolute atomic E-state index is 12.9. The van der Waals surface area contributed by atoms with Crippen LogP contribution in [0, 0.1) is 20.8 Å². The number of carboxylic acid groups (broad SMARTS) is 2. The molecular weight excluding hydrogens is 563 g/mol. The maximum Gasteiger partial charge on any atom is 0.490 e. The topological polar surface area (TPSA) is 137 Å². The van der Waals surface area contributed by atoms with Crippen molar-refractivity contribution >= 4 is 39.0 Å². The van der Waals surface area contributed by atoms with Gasteiger partial charge in [-0.1, -0.05) is 48.0 Å². The quantitative estimate of drug-likeness (QED) is 0.345. The summed E-state index contributed by atoms with van der Waals surface area (Å²) in [6.07, 6.45) is -0.869. The highest BCUT2D eigenvalue weighted by atomic mass is 32.2. The number of aliphatic carboxylic acids is 1. The lowest BCUT2D eigenvalue weighted by atomic mass is 9.95. The van der Waals surface area contributed by atoms with Gasteiger partial charge in [-0.05, 0) is 61.6 Å². The third kappa shape index (κ3) is 7.84. The third-order valence-corrected chi connectivity index (χ3v) is 7.75. The van der Waals surface area contributed by atoms with E-state index in [-0.39, 0.29) is 16.1 Å². The highest BCUT2D eigenvalue weighted by Gasteiger charge is 2.38. The molecule has 1 aromatic heterocycles. The van der Waals surface area contributed by atoms with Crippen LogP contribution in [0.25, 0.3) is 5.57 Å². The highest BCUT2D eigenvalue weighted by molar-refractivity contribution is 7.92. The van der Waals surface area contributed by atoms with Crippen LogP contribution in [0.2, 0.25) is 0 Å². The number of rotatable bonds is 6. The predicted molar refractivity (Wildman–Crippen MR) is 148 cm³/mol. The van der Waals surface area contributed by atoms with Crippen molar-refractivity contribution in [3.05, 3.63) is 88.6 Å². The van der Waals surface area contributed by atoms with Gasteiger partial charge in [-0.2, -0.15) is 13.2 Å². The first-order valence-electron chi connectivity index (χ1n) is 12.2. The molecule has 0 saturated heterocycles. The highest BCUT2D eigenvalue weighted by Crippen LogP contribution is 2.30. The molecule has 0 saturated carbocycles. The SMILES string of the molecule is Cc1ccc(S(=O)(=O)Nc2cnc(N3CC=C(c4ccccc4C)CC3)c(C(=O)O)c2)c(C)c1.O=C(O)C(F)(F)F. The number of aryl methyl sites for hydroxylation is 3. The first-order chi connectivity index (χ1) is 19.1. The van der Waals surface area contributed by atoms with Crippen LogP contribution in [0.5, 0.6) is 0 Å². The molecular formula is C28H28F3N3O6S. The molecule has 0 amide bonds. The molecule has 0 atom stereocenters. The van der Waals surface area contributed by atoms with Gasteiger partial charge in [0.2, 0.25) is 0 Å². The Morgan fingerprint density at radius 2 is 1.66 bits per heavy atom. The van der Waals surface area contributed by atoms with E-state index in [1.807, 2.05) is 24.0 Å². The molecule has 3 N–H and O–H groups in total. The molecule has 4 rings (SSSR count). The van der Waals surface area contributed by atoms with Gasteiger partial charge in [-0.15, -0.1) is 0 Å². The molecule has 0 aliphatic carbocycles. The molecule has 9 nitrogen and oxygen atoms in total. The van der Waals surface area contributed by atoms with E-state index in [9.17, 15) is 31.5 Å². The Kier molecular flexibility index (Phi) is 9.43. The number of alkyl halides is 3. The molecule has 2 aromatic carbocycles. The summed E-state index contributed by atoms with van der Waals surface area (Å²) >= 11 is 0. The summed E-state index contributed by atoms with van der Waals surface area (Å²) < 4.78 is 60.0.